The van der Waals surface area contributed by atoms with Crippen LogP contribution in [0.4, 0.5) is 5.69 Å². The first-order chi connectivity index (χ1) is 9.22. The van der Waals surface area contributed by atoms with Gasteiger partial charge < -0.3 is 10.6 Å². The standard InChI is InChI=1S/C16H22N2O/c1-11(19)18-15-8-2-12(3-9-15)10-17-16(13-4-5-13)14-6-7-14/h2-3,8-9,13-14,16-17H,4-7,10H2,1H3,(H,18,19). The number of nitrogens with one attached hydrogen (secondary N) is 2. The third-order valence-electron chi connectivity index (χ3n) is 4.08. The Bertz CT molecular complexity index is 434. The first kappa shape index (κ1) is 12.7. The van der Waals surface area contributed by atoms with E-state index in [0.717, 1.165) is 30.1 Å². The highest BCUT2D eigenvalue weighted by atomic mass is 16.1. The largest absolute Gasteiger partial charge is 0.326 e. The van der Waals surface area contributed by atoms with Gasteiger partial charge in [0.05, 0.1) is 0 Å². The molecule has 2 saturated carbocycles. The first-order valence-electron chi connectivity index (χ1n) is 7.32. The van der Waals surface area contributed by atoms with Crippen molar-refractivity contribution in [1.82, 2.24) is 5.32 Å². The summed E-state index contributed by atoms with van der Waals surface area (Å²) in [5.74, 6) is 1.85. The number of carbonyl (C=O) groups is 1. The van der Waals surface area contributed by atoms with Crippen molar-refractivity contribution in [2.24, 2.45) is 11.8 Å². The molecule has 0 atom stereocenters. The Labute approximate surface area is 114 Å². The zero-order valence-corrected chi connectivity index (χ0v) is 11.5. The van der Waals surface area contributed by atoms with E-state index in [1.165, 1.54) is 38.2 Å². The van der Waals surface area contributed by atoms with Crippen molar-refractivity contribution in [2.75, 3.05) is 5.32 Å². The van der Waals surface area contributed by atoms with Crippen molar-refractivity contribution in [1.29, 1.82) is 0 Å². The van der Waals surface area contributed by atoms with Crippen LogP contribution in [-0.4, -0.2) is 11.9 Å². The number of amides is 1. The molecular formula is C16H22N2O. The summed E-state index contributed by atoms with van der Waals surface area (Å²) in [6.07, 6.45) is 5.65. The monoisotopic (exact) mass is 258 g/mol. The van der Waals surface area contributed by atoms with Crippen LogP contribution in [0, 0.1) is 11.8 Å². The molecule has 0 aromatic heterocycles. The molecule has 102 valence electrons. The maximum absolute atomic E-state index is 11.0. The topological polar surface area (TPSA) is 41.1 Å². The molecule has 0 bridgehead atoms. The van der Waals surface area contributed by atoms with Crippen LogP contribution in [0.25, 0.3) is 0 Å². The minimum absolute atomic E-state index is 0.0200. The molecule has 3 nitrogen and oxygen atoms in total. The number of hydrogen-bond acceptors (Lipinski definition) is 2. The summed E-state index contributed by atoms with van der Waals surface area (Å²) >= 11 is 0. The highest BCUT2D eigenvalue weighted by Gasteiger charge is 2.40. The smallest absolute Gasteiger partial charge is 0.221 e. The Kier molecular flexibility index (Phi) is 3.56. The van der Waals surface area contributed by atoms with E-state index < -0.39 is 0 Å². The number of benzene rings is 1. The lowest BCUT2D eigenvalue weighted by Crippen LogP contribution is -2.32. The summed E-state index contributed by atoms with van der Waals surface area (Å²) in [7, 11) is 0. The Morgan fingerprint density at radius 3 is 2.21 bits per heavy atom. The van der Waals surface area contributed by atoms with E-state index in [0.29, 0.717) is 0 Å². The average molecular weight is 258 g/mol. The van der Waals surface area contributed by atoms with Crippen molar-refractivity contribution in [2.45, 2.75) is 45.2 Å². The van der Waals surface area contributed by atoms with E-state index in [1.807, 2.05) is 12.1 Å². The summed E-state index contributed by atoms with van der Waals surface area (Å²) in [6, 6.07) is 8.88. The van der Waals surface area contributed by atoms with Crippen LogP contribution in [0.2, 0.25) is 0 Å². The van der Waals surface area contributed by atoms with Gasteiger partial charge in [0.1, 0.15) is 0 Å². The maximum atomic E-state index is 11.0. The molecule has 0 spiro atoms. The van der Waals surface area contributed by atoms with Gasteiger partial charge in [-0.15, -0.1) is 0 Å². The van der Waals surface area contributed by atoms with Crippen LogP contribution >= 0.6 is 0 Å². The number of rotatable bonds is 6. The summed E-state index contributed by atoms with van der Waals surface area (Å²) in [4.78, 5) is 11.0. The molecule has 0 saturated heterocycles. The molecule has 1 aromatic rings. The van der Waals surface area contributed by atoms with Crippen LogP contribution in [0.3, 0.4) is 0 Å². The van der Waals surface area contributed by atoms with Crippen molar-refractivity contribution >= 4 is 11.6 Å². The zero-order valence-electron chi connectivity index (χ0n) is 11.5. The summed E-state index contributed by atoms with van der Waals surface area (Å²) in [6.45, 7) is 2.48. The predicted molar refractivity (Wildman–Crippen MR) is 76.8 cm³/mol. The van der Waals surface area contributed by atoms with Gasteiger partial charge in [-0.3, -0.25) is 4.79 Å². The molecule has 19 heavy (non-hydrogen) atoms. The van der Waals surface area contributed by atoms with Crippen molar-refractivity contribution in [3.8, 4) is 0 Å². The maximum Gasteiger partial charge on any atom is 0.221 e. The highest BCUT2D eigenvalue weighted by molar-refractivity contribution is 5.88. The molecule has 3 rings (SSSR count). The zero-order chi connectivity index (χ0) is 13.2. The van der Waals surface area contributed by atoms with E-state index in [9.17, 15) is 4.79 Å². The third kappa shape index (κ3) is 3.57. The molecule has 2 aliphatic rings. The van der Waals surface area contributed by atoms with Gasteiger partial charge in [-0.1, -0.05) is 12.1 Å². The van der Waals surface area contributed by atoms with Crippen LogP contribution in [0.15, 0.2) is 24.3 Å². The van der Waals surface area contributed by atoms with Gasteiger partial charge in [-0.2, -0.15) is 0 Å². The molecule has 1 aromatic carbocycles. The fourth-order valence-electron chi connectivity index (χ4n) is 2.77. The minimum Gasteiger partial charge on any atom is -0.326 e. The van der Waals surface area contributed by atoms with Gasteiger partial charge in [0.2, 0.25) is 5.91 Å². The normalized spacial score (nSPS) is 18.6. The lowest BCUT2D eigenvalue weighted by molar-refractivity contribution is -0.114. The van der Waals surface area contributed by atoms with Gasteiger partial charge in [0, 0.05) is 25.2 Å². The molecule has 2 aliphatic carbocycles. The second-order valence-electron chi connectivity index (χ2n) is 5.96. The van der Waals surface area contributed by atoms with E-state index in [1.54, 1.807) is 0 Å². The molecule has 2 N–H and O–H groups in total. The second kappa shape index (κ2) is 5.33. The molecule has 0 aliphatic heterocycles. The molecule has 1 amide bonds. The fraction of sp³-hybridized carbons (Fsp3) is 0.562. The Hall–Kier alpha value is -1.35. The van der Waals surface area contributed by atoms with Gasteiger partial charge >= 0.3 is 0 Å². The van der Waals surface area contributed by atoms with Crippen LogP contribution in [-0.2, 0) is 11.3 Å². The molecule has 0 unspecified atom stereocenters. The minimum atomic E-state index is -0.0200. The predicted octanol–water partition coefficient (Wildman–Crippen LogP) is 2.92. The van der Waals surface area contributed by atoms with Gasteiger partial charge in [-0.05, 0) is 55.2 Å². The number of anilines is 1. The lowest BCUT2D eigenvalue weighted by Gasteiger charge is -2.17. The SMILES string of the molecule is CC(=O)Nc1ccc(CNC(C2CC2)C2CC2)cc1. The summed E-state index contributed by atoms with van der Waals surface area (Å²) < 4.78 is 0. The van der Waals surface area contributed by atoms with E-state index in [4.69, 9.17) is 0 Å². The van der Waals surface area contributed by atoms with E-state index in [-0.39, 0.29) is 5.91 Å². The Balaban J connectivity index is 1.52. The molecule has 2 fully saturated rings. The average Bonchev–Trinajstić information content (AvgIpc) is 3.25. The van der Waals surface area contributed by atoms with Crippen molar-refractivity contribution in [3.63, 3.8) is 0 Å². The summed E-state index contributed by atoms with van der Waals surface area (Å²) in [5.41, 5.74) is 2.16. The van der Waals surface area contributed by atoms with Gasteiger partial charge in [0.25, 0.3) is 0 Å². The van der Waals surface area contributed by atoms with Crippen LogP contribution < -0.4 is 10.6 Å². The van der Waals surface area contributed by atoms with Crippen molar-refractivity contribution in [3.05, 3.63) is 29.8 Å². The van der Waals surface area contributed by atoms with Crippen LogP contribution in [0.1, 0.15) is 38.2 Å². The number of hydrogen-bond donors (Lipinski definition) is 2. The van der Waals surface area contributed by atoms with Crippen LogP contribution in [0.5, 0.6) is 0 Å². The summed E-state index contributed by atoms with van der Waals surface area (Å²) in [5, 5.41) is 6.53. The van der Waals surface area contributed by atoms with Gasteiger partial charge in [-0.25, -0.2) is 0 Å². The second-order valence-corrected chi connectivity index (χ2v) is 5.96. The quantitative estimate of drug-likeness (QED) is 0.823. The van der Waals surface area contributed by atoms with Gasteiger partial charge in [0.15, 0.2) is 0 Å². The first-order valence-corrected chi connectivity index (χ1v) is 7.32. The molecule has 0 radical (unpaired) electrons. The fourth-order valence-corrected chi connectivity index (χ4v) is 2.77. The Morgan fingerprint density at radius 1 is 1.16 bits per heavy atom. The van der Waals surface area contributed by atoms with Crippen molar-refractivity contribution < 1.29 is 4.79 Å². The third-order valence-corrected chi connectivity index (χ3v) is 4.08. The molecule has 0 heterocycles. The Morgan fingerprint density at radius 2 is 1.74 bits per heavy atom. The molecular weight excluding hydrogens is 236 g/mol. The lowest BCUT2D eigenvalue weighted by atomic mass is 10.1. The number of carbonyl (C=O) groups excluding carboxylic acids is 1. The highest BCUT2D eigenvalue weighted by Crippen LogP contribution is 2.44. The van der Waals surface area contributed by atoms with E-state index in [2.05, 4.69) is 22.8 Å². The van der Waals surface area contributed by atoms with E-state index >= 15 is 0 Å². The molecule has 3 heteroatoms.